The third-order valence-electron chi connectivity index (χ3n) is 0. The molecular weight excluding hydrogens is 84.2 g/mol. The summed E-state index contributed by atoms with van der Waals surface area (Å²) in [5.41, 5.74) is 0. The zero-order valence-electron chi connectivity index (χ0n) is 2.91. The quantitative estimate of drug-likeness (QED) is 0.345. The molecule has 0 bridgehead atoms. The monoisotopic (exact) mass is 90.0 g/mol. The van der Waals surface area contributed by atoms with Crippen molar-refractivity contribution in [3.05, 3.63) is 0 Å². The molecule has 0 aromatic carbocycles. The van der Waals surface area contributed by atoms with Gasteiger partial charge in [-0.05, 0) is 10.2 Å². The van der Waals surface area contributed by atoms with Gasteiger partial charge in [-0.1, -0.05) is 6.55 Å². The molecular formula is CH6OSi2. The van der Waals surface area contributed by atoms with Gasteiger partial charge in [-0.2, -0.15) is 0 Å². The van der Waals surface area contributed by atoms with Crippen molar-refractivity contribution < 1.29 is 4.46 Å². The molecule has 0 heterocycles. The first-order valence-electron chi connectivity index (χ1n) is 1.20. The highest BCUT2D eigenvalue weighted by Crippen LogP contribution is 0.960. The van der Waals surface area contributed by atoms with Crippen LogP contribution in [0.5, 0.6) is 0 Å². The Hall–Kier alpha value is 0.234. The van der Waals surface area contributed by atoms with Crippen molar-refractivity contribution in [2.45, 2.75) is 6.55 Å². The fourth-order valence-electron chi connectivity index (χ4n) is 0. The van der Waals surface area contributed by atoms with E-state index in [-0.39, 0.29) is 0 Å². The van der Waals surface area contributed by atoms with E-state index in [1.807, 2.05) is 0 Å². The van der Waals surface area contributed by atoms with Gasteiger partial charge in [-0.25, -0.2) is 0 Å². The second-order valence-electron chi connectivity index (χ2n) is 0. The average molecular weight is 90.2 g/mol. The molecule has 0 saturated carbocycles. The lowest BCUT2D eigenvalue weighted by atomic mass is 11.9. The molecule has 0 aliphatic heterocycles. The maximum atomic E-state index is 8.06. The fraction of sp³-hybridized carbons (Fsp3) is 1.00. The summed E-state index contributed by atoms with van der Waals surface area (Å²) in [5.74, 6) is 0. The summed E-state index contributed by atoms with van der Waals surface area (Å²) in [6.45, 7) is 2.14. The minimum Gasteiger partial charge on any atom is -0.381 e. The van der Waals surface area contributed by atoms with Crippen molar-refractivity contribution in [1.82, 2.24) is 0 Å². The van der Waals surface area contributed by atoms with E-state index in [0.717, 1.165) is 0 Å². The van der Waals surface area contributed by atoms with Crippen molar-refractivity contribution in [1.29, 1.82) is 0 Å². The molecule has 0 amide bonds. The Morgan fingerprint density at radius 3 is 1.50 bits per heavy atom. The third-order valence-corrected chi connectivity index (χ3v) is 0. The third kappa shape index (κ3) is 62.2. The van der Waals surface area contributed by atoms with Crippen LogP contribution in [0, 0.1) is 0 Å². The summed E-state index contributed by atoms with van der Waals surface area (Å²) in [4.78, 5) is 0. The predicted molar refractivity (Wildman–Crippen MR) is 22.2 cm³/mol. The first kappa shape index (κ1) is 8.87. The van der Waals surface area contributed by atoms with Gasteiger partial charge < -0.3 is 4.46 Å². The Morgan fingerprint density at radius 1 is 1.50 bits per heavy atom. The Balaban J connectivity index is 0. The van der Waals surface area contributed by atoms with E-state index in [4.69, 9.17) is 4.46 Å². The highest BCUT2D eigenvalue weighted by molar-refractivity contribution is 6.05. The number of hydrogen-bond acceptors (Lipinski definition) is 1. The summed E-state index contributed by atoms with van der Waals surface area (Å²) in [7, 11) is 3.03. The maximum absolute atomic E-state index is 8.06. The lowest BCUT2D eigenvalue weighted by Gasteiger charge is -1.04. The predicted octanol–water partition coefficient (Wildman–Crippen LogP) is -1.10. The lowest BCUT2D eigenvalue weighted by molar-refractivity contribution is 0.590. The van der Waals surface area contributed by atoms with Gasteiger partial charge in [0.15, 0.2) is 0 Å². The van der Waals surface area contributed by atoms with Crippen molar-refractivity contribution in [2.24, 2.45) is 0 Å². The molecule has 0 rings (SSSR count). The van der Waals surface area contributed by atoms with Gasteiger partial charge >= 0.3 is 10.1 Å². The van der Waals surface area contributed by atoms with Gasteiger partial charge in [0.25, 0.3) is 0 Å². The van der Waals surface area contributed by atoms with Crippen molar-refractivity contribution >= 4 is 20.4 Å². The Kier molecular flexibility index (Phi) is 655. The van der Waals surface area contributed by atoms with Gasteiger partial charge in [0.1, 0.15) is 0 Å². The molecule has 0 spiro atoms. The van der Waals surface area contributed by atoms with Gasteiger partial charge in [-0.15, -0.1) is 0 Å². The molecule has 0 atom stereocenters. The largest absolute Gasteiger partial charge is 0.381 e. The Bertz CT molecular complexity index is 6.00. The van der Waals surface area contributed by atoms with E-state index in [1.165, 1.54) is 10.2 Å². The molecule has 4 heavy (non-hydrogen) atoms. The summed E-state index contributed by atoms with van der Waals surface area (Å²) in [6, 6.07) is 0. The highest BCUT2D eigenvalue weighted by Gasteiger charge is 0.962. The molecule has 2 radical (unpaired) electrons. The van der Waals surface area contributed by atoms with Crippen LogP contribution in [-0.2, 0) is 4.46 Å². The highest BCUT2D eigenvalue weighted by atomic mass is 28.1. The van der Waals surface area contributed by atoms with Gasteiger partial charge in [0.05, 0.1) is 0 Å². The Morgan fingerprint density at radius 2 is 1.50 bits per heavy atom. The first-order valence-corrected chi connectivity index (χ1v) is 3.61. The van der Waals surface area contributed by atoms with Gasteiger partial charge in [0.2, 0.25) is 0 Å². The molecule has 0 saturated heterocycles. The Labute approximate surface area is 32.3 Å². The molecule has 0 aromatic heterocycles. The smallest absolute Gasteiger partial charge is 0.381 e. The van der Waals surface area contributed by atoms with E-state index < -0.39 is 0 Å². The first-order chi connectivity index (χ1) is 2.00. The minimum absolute atomic E-state index is 1.31. The van der Waals surface area contributed by atoms with E-state index in [9.17, 15) is 0 Å². The number of hydrogen-bond donors (Lipinski definition) is 0. The van der Waals surface area contributed by atoms with E-state index >= 15 is 0 Å². The van der Waals surface area contributed by atoms with Crippen LogP contribution in [0.15, 0.2) is 0 Å². The van der Waals surface area contributed by atoms with E-state index in [1.54, 1.807) is 10.1 Å². The SMILES string of the molecule is C[SiH3].O=[Si]. The van der Waals surface area contributed by atoms with Crippen molar-refractivity contribution in [3.8, 4) is 0 Å². The van der Waals surface area contributed by atoms with Crippen molar-refractivity contribution in [3.63, 3.8) is 0 Å². The minimum atomic E-state index is 1.31. The summed E-state index contributed by atoms with van der Waals surface area (Å²) in [5, 5.41) is 0. The van der Waals surface area contributed by atoms with Crippen LogP contribution in [0.4, 0.5) is 0 Å². The second-order valence-corrected chi connectivity index (χ2v) is 0. The molecule has 24 valence electrons. The van der Waals surface area contributed by atoms with Crippen molar-refractivity contribution in [2.75, 3.05) is 0 Å². The van der Waals surface area contributed by atoms with Gasteiger partial charge in [-0.3, -0.25) is 0 Å². The molecule has 0 aliphatic rings. The second kappa shape index (κ2) is 295. The molecule has 3 heteroatoms. The molecule has 0 aliphatic carbocycles. The molecule has 0 N–H and O–H groups in total. The van der Waals surface area contributed by atoms with Crippen LogP contribution in [0.2, 0.25) is 6.55 Å². The maximum Gasteiger partial charge on any atom is 0.381 e. The van der Waals surface area contributed by atoms with Crippen LogP contribution in [-0.4, -0.2) is 20.4 Å². The lowest BCUT2D eigenvalue weighted by Crippen LogP contribution is -1.13. The zero-order valence-corrected chi connectivity index (χ0v) is 5.91. The van der Waals surface area contributed by atoms with Crippen LogP contribution >= 0.6 is 0 Å². The summed E-state index contributed by atoms with van der Waals surface area (Å²) >= 11 is 0. The average Bonchev–Trinajstić information content (AvgIpc) is 1.50. The summed E-state index contributed by atoms with van der Waals surface area (Å²) in [6.07, 6.45) is 0. The fourth-order valence-corrected chi connectivity index (χ4v) is 0. The van der Waals surface area contributed by atoms with Gasteiger partial charge in [0, 0.05) is 0 Å². The molecule has 1 nitrogen and oxygen atoms in total. The zero-order chi connectivity index (χ0) is 4.00. The molecule has 0 aromatic rings. The van der Waals surface area contributed by atoms with Crippen LogP contribution in [0.3, 0.4) is 0 Å². The van der Waals surface area contributed by atoms with E-state index in [0.29, 0.717) is 0 Å². The van der Waals surface area contributed by atoms with E-state index in [2.05, 4.69) is 6.55 Å². The topological polar surface area (TPSA) is 17.1 Å². The normalized spacial score (nSPS) is 3.25. The summed E-state index contributed by atoms with van der Waals surface area (Å²) < 4.78 is 8.06. The molecule has 0 fully saturated rings. The molecule has 0 unspecified atom stereocenters. The standard InChI is InChI=1S/CH6Si.OSi/c2*1-2/h1-2H3;. The van der Waals surface area contributed by atoms with Crippen LogP contribution in [0.25, 0.3) is 0 Å². The van der Waals surface area contributed by atoms with Crippen LogP contribution in [0.1, 0.15) is 0 Å². The number of rotatable bonds is 0. The van der Waals surface area contributed by atoms with Crippen LogP contribution < -0.4 is 0 Å².